The second kappa shape index (κ2) is 18.5. The van der Waals surface area contributed by atoms with Gasteiger partial charge in [0.1, 0.15) is 36.5 Å². The van der Waals surface area contributed by atoms with Crippen LogP contribution in [-0.4, -0.2) is 25.0 Å². The molecule has 0 aliphatic heterocycles. The van der Waals surface area contributed by atoms with E-state index in [9.17, 15) is 5.11 Å². The van der Waals surface area contributed by atoms with Crippen molar-refractivity contribution in [2.24, 2.45) is 0 Å². The Morgan fingerprint density at radius 2 is 0.830 bits per heavy atom. The van der Waals surface area contributed by atoms with Gasteiger partial charge in [0.15, 0.2) is 5.75 Å². The van der Waals surface area contributed by atoms with E-state index >= 15 is 0 Å². The number of benzene rings is 7. The summed E-state index contributed by atoms with van der Waals surface area (Å²) in [5.74, 6) is 0.383. The molecular weight excluding hydrogens is 848 g/mol. The SMILES string of the molecule is Oc1ccccc1[PH+](c1ccccc1)c1ccccc1.[Ir].[c-]1ccccc1-c1ncnc2ccccc12.[c-]1ccccc1-c1ncnc2ccccc12. The van der Waals surface area contributed by atoms with Crippen LogP contribution in [-0.2, 0) is 20.1 Å². The van der Waals surface area contributed by atoms with E-state index in [1.54, 1.807) is 18.7 Å². The molecule has 0 unspecified atom stereocenters. The van der Waals surface area contributed by atoms with Gasteiger partial charge >= 0.3 is 0 Å². The predicted octanol–water partition coefficient (Wildman–Crippen LogP) is 9.07. The number of fused-ring (bicyclic) bond motifs is 2. The standard InChI is InChI=1S/C18H15OP.2C14H9N2.Ir/c19-17-13-7-8-14-18(17)20(15-9-3-1-4-10-15)16-11-5-2-6-12-16;2*1-2-6-11(7-3-1)14-12-8-4-5-9-13(12)15-10-16-14;/h1-14,19H;2*1-6,8-10H;/q;2*-1;/p+1. The van der Waals surface area contributed by atoms with E-state index in [1.807, 2.05) is 127 Å². The summed E-state index contributed by atoms with van der Waals surface area (Å²) in [5, 5.41) is 16.0. The summed E-state index contributed by atoms with van der Waals surface area (Å²) in [4.78, 5) is 17.2. The average molecular weight is 882 g/mol. The third kappa shape index (κ3) is 9.13. The van der Waals surface area contributed by atoms with E-state index in [0.29, 0.717) is 5.75 Å². The molecule has 0 fully saturated rings. The average Bonchev–Trinajstić information content (AvgIpc) is 3.23. The first kappa shape index (κ1) is 36.9. The quantitative estimate of drug-likeness (QED) is 0.138. The molecule has 0 atom stereocenters. The summed E-state index contributed by atoms with van der Waals surface area (Å²) in [7, 11) is -1.16. The van der Waals surface area contributed by atoms with Crippen LogP contribution in [0.4, 0.5) is 0 Å². The van der Waals surface area contributed by atoms with Gasteiger partial charge in [-0.3, -0.25) is 9.97 Å². The van der Waals surface area contributed by atoms with Crippen LogP contribution in [0, 0.1) is 12.1 Å². The molecule has 2 aromatic heterocycles. The zero-order chi connectivity index (χ0) is 35.4. The summed E-state index contributed by atoms with van der Waals surface area (Å²) in [5.41, 5.74) is 5.80. The Morgan fingerprint density at radius 3 is 1.28 bits per heavy atom. The molecule has 0 amide bonds. The number of phenols is 1. The van der Waals surface area contributed by atoms with E-state index in [-0.39, 0.29) is 20.1 Å². The van der Waals surface area contributed by atoms with E-state index in [4.69, 9.17) is 0 Å². The predicted molar refractivity (Wildman–Crippen MR) is 216 cm³/mol. The van der Waals surface area contributed by atoms with Gasteiger partial charge in [-0.1, -0.05) is 84.9 Å². The fourth-order valence-corrected chi connectivity index (χ4v) is 8.50. The van der Waals surface area contributed by atoms with Crippen molar-refractivity contribution in [3.63, 3.8) is 0 Å². The first-order valence-corrected chi connectivity index (χ1v) is 18.4. The maximum Gasteiger partial charge on any atom is 0.158 e. The van der Waals surface area contributed by atoms with Crippen LogP contribution in [0.5, 0.6) is 5.75 Å². The van der Waals surface area contributed by atoms with Crippen molar-refractivity contribution >= 4 is 45.6 Å². The van der Waals surface area contributed by atoms with Crippen molar-refractivity contribution in [1.29, 1.82) is 0 Å². The minimum absolute atomic E-state index is 0. The normalized spacial score (nSPS) is 10.4. The Labute approximate surface area is 324 Å². The summed E-state index contributed by atoms with van der Waals surface area (Å²) >= 11 is 0. The molecule has 0 spiro atoms. The van der Waals surface area contributed by atoms with Crippen molar-refractivity contribution < 1.29 is 25.2 Å². The van der Waals surface area contributed by atoms with Crippen molar-refractivity contribution in [1.82, 2.24) is 19.9 Å². The maximum atomic E-state index is 10.2. The zero-order valence-corrected chi connectivity index (χ0v) is 31.9. The van der Waals surface area contributed by atoms with Crippen molar-refractivity contribution in [2.45, 2.75) is 0 Å². The van der Waals surface area contributed by atoms with Crippen molar-refractivity contribution in [3.8, 4) is 28.3 Å². The molecule has 7 aromatic carbocycles. The molecule has 259 valence electrons. The van der Waals surface area contributed by atoms with E-state index < -0.39 is 7.92 Å². The van der Waals surface area contributed by atoms with E-state index in [2.05, 4.69) is 80.6 Å². The maximum absolute atomic E-state index is 10.2. The molecule has 0 bridgehead atoms. The number of nitrogens with zero attached hydrogens (tertiary/aromatic N) is 4. The first-order valence-electron chi connectivity index (χ1n) is 16.9. The van der Waals surface area contributed by atoms with Gasteiger partial charge in [-0.2, -0.15) is 0 Å². The molecule has 1 radical (unpaired) electrons. The fraction of sp³-hybridized carbons (Fsp3) is 0. The van der Waals surface area contributed by atoms with Gasteiger partial charge in [0.25, 0.3) is 0 Å². The van der Waals surface area contributed by atoms with Gasteiger partial charge < -0.3 is 5.11 Å². The van der Waals surface area contributed by atoms with E-state index in [0.717, 1.165) is 49.6 Å². The third-order valence-corrected chi connectivity index (χ3v) is 11.1. The Hall–Kier alpha value is -5.90. The Kier molecular flexibility index (Phi) is 12.9. The molecular formula is C46H34IrN4OP-. The largest absolute Gasteiger partial charge is 0.504 e. The number of hydrogen-bond donors (Lipinski definition) is 1. The molecule has 5 nitrogen and oxygen atoms in total. The van der Waals surface area contributed by atoms with Gasteiger partial charge in [0.2, 0.25) is 0 Å². The van der Waals surface area contributed by atoms with E-state index in [1.165, 1.54) is 10.6 Å². The van der Waals surface area contributed by atoms with Gasteiger partial charge in [-0.05, 0) is 70.7 Å². The van der Waals surface area contributed by atoms with Gasteiger partial charge in [0, 0.05) is 20.1 Å². The molecule has 1 N–H and O–H groups in total. The Bertz CT molecular complexity index is 2320. The smallest absolute Gasteiger partial charge is 0.158 e. The summed E-state index contributed by atoms with van der Waals surface area (Å²) in [6, 6.07) is 66.6. The van der Waals surface area contributed by atoms with Crippen LogP contribution >= 0.6 is 7.92 Å². The van der Waals surface area contributed by atoms with Crippen LogP contribution in [0.1, 0.15) is 0 Å². The topological polar surface area (TPSA) is 71.8 Å². The minimum Gasteiger partial charge on any atom is -0.504 e. The summed E-state index contributed by atoms with van der Waals surface area (Å²) in [6.45, 7) is 0. The second-order valence-corrected chi connectivity index (χ2v) is 14.1. The molecule has 9 rings (SSSR count). The van der Waals surface area contributed by atoms with Crippen molar-refractivity contribution in [3.05, 3.63) is 207 Å². The molecule has 9 aromatic rings. The number of aromatic hydroxyl groups is 1. The molecule has 7 heteroatoms. The Balaban J connectivity index is 0.000000136. The second-order valence-electron chi connectivity index (χ2n) is 11.7. The van der Waals surface area contributed by atoms with Gasteiger partial charge in [-0.15, -0.1) is 71.8 Å². The molecule has 2 heterocycles. The number of para-hydroxylation sites is 3. The minimum atomic E-state index is -1.16. The number of hydrogen-bond acceptors (Lipinski definition) is 5. The van der Waals surface area contributed by atoms with Crippen LogP contribution in [0.3, 0.4) is 0 Å². The molecule has 0 saturated heterocycles. The summed E-state index contributed by atoms with van der Waals surface area (Å²) in [6.07, 6.45) is 3.19. The molecule has 53 heavy (non-hydrogen) atoms. The molecule has 0 saturated carbocycles. The van der Waals surface area contributed by atoms with Gasteiger partial charge in [-0.25, -0.2) is 9.97 Å². The number of aromatic nitrogens is 4. The Morgan fingerprint density at radius 1 is 0.415 bits per heavy atom. The first-order chi connectivity index (χ1) is 25.8. The fourth-order valence-electron chi connectivity index (χ4n) is 5.89. The van der Waals surface area contributed by atoms with Crippen LogP contribution < -0.4 is 15.9 Å². The number of phenolic OH excluding ortho intramolecular Hbond substituents is 1. The monoisotopic (exact) mass is 882 g/mol. The number of rotatable bonds is 5. The molecule has 0 aliphatic carbocycles. The van der Waals surface area contributed by atoms with Gasteiger partial charge in [0.05, 0.1) is 11.0 Å². The van der Waals surface area contributed by atoms with Crippen LogP contribution in [0.2, 0.25) is 0 Å². The molecule has 0 aliphatic rings. The van der Waals surface area contributed by atoms with Crippen LogP contribution in [0.15, 0.2) is 195 Å². The van der Waals surface area contributed by atoms with Crippen molar-refractivity contribution in [2.75, 3.05) is 0 Å². The zero-order valence-electron chi connectivity index (χ0n) is 28.5. The van der Waals surface area contributed by atoms with Crippen LogP contribution in [0.25, 0.3) is 44.3 Å². The third-order valence-electron chi connectivity index (χ3n) is 8.31. The summed E-state index contributed by atoms with van der Waals surface area (Å²) < 4.78 is 0.